The molecule has 1 aliphatic rings. The van der Waals surface area contributed by atoms with E-state index in [0.29, 0.717) is 23.7 Å². The number of carbonyl (C=O) groups excluding carboxylic acids is 3. The average Bonchev–Trinajstić information content (AvgIpc) is 3.03. The summed E-state index contributed by atoms with van der Waals surface area (Å²) in [4.78, 5) is 37.2. The number of amides is 4. The first-order valence-corrected chi connectivity index (χ1v) is 8.84. The third-order valence-electron chi connectivity index (χ3n) is 4.29. The lowest BCUT2D eigenvalue weighted by Crippen LogP contribution is -2.39. The maximum Gasteiger partial charge on any atom is 0.319 e. The first-order chi connectivity index (χ1) is 13.4. The van der Waals surface area contributed by atoms with Crippen molar-refractivity contribution in [2.24, 2.45) is 0 Å². The zero-order valence-electron chi connectivity index (χ0n) is 15.7. The Morgan fingerprint density at radius 3 is 2.39 bits per heavy atom. The Hall–Kier alpha value is -3.55. The highest BCUT2D eigenvalue weighted by molar-refractivity contribution is 5.98. The van der Waals surface area contributed by atoms with E-state index in [1.807, 2.05) is 18.2 Å². The number of methoxy groups -OCH3 is 1. The average molecular weight is 382 g/mol. The number of hydrogen-bond donors (Lipinski definition) is 3. The third kappa shape index (κ3) is 4.79. The van der Waals surface area contributed by atoms with Gasteiger partial charge in [0.1, 0.15) is 5.75 Å². The van der Waals surface area contributed by atoms with Gasteiger partial charge in [0.2, 0.25) is 11.8 Å². The molecule has 146 valence electrons. The largest absolute Gasteiger partial charge is 0.497 e. The molecule has 8 heteroatoms. The summed E-state index contributed by atoms with van der Waals surface area (Å²) < 4.78 is 5.20. The zero-order chi connectivity index (χ0) is 20.1. The standard InChI is InChI=1S/C20H22N4O4/c1-13(25)21-14-6-8-15(9-7-14)22-20(27)23-16-10-19(26)24(12-16)17-4-3-5-18(11-17)28-2/h3-9,11,16H,10,12H2,1-2H3,(H,21,25)(H2,22,23,27). The lowest BCUT2D eigenvalue weighted by Gasteiger charge is -2.18. The van der Waals surface area contributed by atoms with Crippen LogP contribution in [0.4, 0.5) is 21.9 Å². The minimum atomic E-state index is -0.391. The summed E-state index contributed by atoms with van der Waals surface area (Å²) in [6.07, 6.45) is 0.228. The van der Waals surface area contributed by atoms with Crippen LogP contribution in [0.2, 0.25) is 0 Å². The van der Waals surface area contributed by atoms with E-state index in [1.165, 1.54) is 6.92 Å². The normalized spacial score (nSPS) is 15.9. The van der Waals surface area contributed by atoms with E-state index >= 15 is 0 Å². The van der Waals surface area contributed by atoms with Crippen LogP contribution in [0.1, 0.15) is 13.3 Å². The van der Waals surface area contributed by atoms with Gasteiger partial charge < -0.3 is 25.6 Å². The third-order valence-corrected chi connectivity index (χ3v) is 4.29. The predicted octanol–water partition coefficient (Wildman–Crippen LogP) is 2.58. The van der Waals surface area contributed by atoms with E-state index in [2.05, 4.69) is 16.0 Å². The summed E-state index contributed by atoms with van der Waals surface area (Å²) >= 11 is 0. The van der Waals surface area contributed by atoms with Gasteiger partial charge in [0.25, 0.3) is 0 Å². The monoisotopic (exact) mass is 382 g/mol. The van der Waals surface area contributed by atoms with Crippen molar-refractivity contribution in [1.29, 1.82) is 0 Å². The molecule has 3 rings (SSSR count). The van der Waals surface area contributed by atoms with E-state index in [-0.39, 0.29) is 24.3 Å². The first kappa shape index (κ1) is 19.2. The molecule has 0 bridgehead atoms. The Balaban J connectivity index is 1.56. The molecule has 1 atom stereocenters. The first-order valence-electron chi connectivity index (χ1n) is 8.84. The second kappa shape index (κ2) is 8.43. The topological polar surface area (TPSA) is 99.8 Å². The quantitative estimate of drug-likeness (QED) is 0.740. The molecule has 1 unspecified atom stereocenters. The Morgan fingerprint density at radius 1 is 1.07 bits per heavy atom. The molecular formula is C20H22N4O4. The Kier molecular flexibility index (Phi) is 5.78. The smallest absolute Gasteiger partial charge is 0.319 e. The molecule has 2 aromatic carbocycles. The molecule has 3 N–H and O–H groups in total. The Labute approximate surface area is 162 Å². The van der Waals surface area contributed by atoms with Crippen molar-refractivity contribution in [3.05, 3.63) is 48.5 Å². The van der Waals surface area contributed by atoms with Crippen LogP contribution in [0.25, 0.3) is 0 Å². The van der Waals surface area contributed by atoms with Gasteiger partial charge in [0.15, 0.2) is 0 Å². The van der Waals surface area contributed by atoms with Crippen molar-refractivity contribution < 1.29 is 19.1 Å². The lowest BCUT2D eigenvalue weighted by atomic mass is 10.2. The predicted molar refractivity (Wildman–Crippen MR) is 107 cm³/mol. The van der Waals surface area contributed by atoms with Crippen LogP contribution >= 0.6 is 0 Å². The lowest BCUT2D eigenvalue weighted by molar-refractivity contribution is -0.117. The summed E-state index contributed by atoms with van der Waals surface area (Å²) in [6.45, 7) is 1.82. The van der Waals surface area contributed by atoms with Gasteiger partial charge in [-0.25, -0.2) is 4.79 Å². The molecule has 4 amide bonds. The van der Waals surface area contributed by atoms with Crippen LogP contribution in [-0.4, -0.2) is 37.5 Å². The number of anilines is 3. The van der Waals surface area contributed by atoms with Gasteiger partial charge >= 0.3 is 6.03 Å². The fourth-order valence-corrected chi connectivity index (χ4v) is 3.02. The van der Waals surface area contributed by atoms with Gasteiger partial charge in [-0.3, -0.25) is 9.59 Å². The SMILES string of the molecule is COc1cccc(N2CC(NC(=O)Nc3ccc(NC(C)=O)cc3)CC2=O)c1. The minimum Gasteiger partial charge on any atom is -0.497 e. The molecule has 8 nitrogen and oxygen atoms in total. The molecular weight excluding hydrogens is 360 g/mol. The number of nitrogens with one attached hydrogen (secondary N) is 3. The van der Waals surface area contributed by atoms with Gasteiger partial charge in [-0.15, -0.1) is 0 Å². The fourth-order valence-electron chi connectivity index (χ4n) is 3.02. The number of nitrogens with zero attached hydrogens (tertiary/aromatic N) is 1. The van der Waals surface area contributed by atoms with Crippen molar-refractivity contribution in [2.75, 3.05) is 29.2 Å². The van der Waals surface area contributed by atoms with Crippen LogP contribution in [-0.2, 0) is 9.59 Å². The number of hydrogen-bond acceptors (Lipinski definition) is 4. The van der Waals surface area contributed by atoms with Gasteiger partial charge in [-0.05, 0) is 36.4 Å². The van der Waals surface area contributed by atoms with E-state index in [1.54, 1.807) is 42.3 Å². The second-order valence-corrected chi connectivity index (χ2v) is 6.46. The van der Waals surface area contributed by atoms with Gasteiger partial charge in [0.05, 0.1) is 13.2 Å². The highest BCUT2D eigenvalue weighted by atomic mass is 16.5. The minimum absolute atomic E-state index is 0.0572. The summed E-state index contributed by atoms with van der Waals surface area (Å²) in [5.41, 5.74) is 1.97. The van der Waals surface area contributed by atoms with Gasteiger partial charge in [-0.1, -0.05) is 6.07 Å². The highest BCUT2D eigenvalue weighted by Crippen LogP contribution is 2.25. The van der Waals surface area contributed by atoms with Crippen molar-refractivity contribution in [3.8, 4) is 5.75 Å². The summed E-state index contributed by atoms with van der Waals surface area (Å²) in [7, 11) is 1.57. The molecule has 1 saturated heterocycles. The van der Waals surface area contributed by atoms with E-state index in [0.717, 1.165) is 5.69 Å². The number of benzene rings is 2. The van der Waals surface area contributed by atoms with Crippen LogP contribution in [0.3, 0.4) is 0 Å². The molecule has 1 aliphatic heterocycles. The van der Waals surface area contributed by atoms with Crippen molar-refractivity contribution in [3.63, 3.8) is 0 Å². The maximum absolute atomic E-state index is 12.3. The second-order valence-electron chi connectivity index (χ2n) is 6.46. The van der Waals surface area contributed by atoms with E-state index < -0.39 is 6.03 Å². The molecule has 0 radical (unpaired) electrons. The molecule has 1 heterocycles. The summed E-state index contributed by atoms with van der Waals surface area (Å²) in [5, 5.41) is 8.20. The van der Waals surface area contributed by atoms with Crippen molar-refractivity contribution in [1.82, 2.24) is 5.32 Å². The number of urea groups is 1. The Bertz CT molecular complexity index is 882. The molecule has 0 spiro atoms. The van der Waals surface area contributed by atoms with Crippen molar-refractivity contribution >= 4 is 34.9 Å². The highest BCUT2D eigenvalue weighted by Gasteiger charge is 2.31. The summed E-state index contributed by atoms with van der Waals surface area (Å²) in [6, 6.07) is 13.3. The van der Waals surface area contributed by atoms with E-state index in [9.17, 15) is 14.4 Å². The fraction of sp³-hybridized carbons (Fsp3) is 0.250. The van der Waals surface area contributed by atoms with Gasteiger partial charge in [0, 0.05) is 43.0 Å². The van der Waals surface area contributed by atoms with Crippen LogP contribution in [0.5, 0.6) is 5.75 Å². The zero-order valence-corrected chi connectivity index (χ0v) is 15.7. The number of carbonyl (C=O) groups is 3. The molecule has 28 heavy (non-hydrogen) atoms. The van der Waals surface area contributed by atoms with Crippen LogP contribution in [0, 0.1) is 0 Å². The number of rotatable bonds is 5. The van der Waals surface area contributed by atoms with Crippen LogP contribution < -0.4 is 25.6 Å². The number of ether oxygens (including phenoxy) is 1. The molecule has 1 fully saturated rings. The Morgan fingerprint density at radius 2 is 1.75 bits per heavy atom. The molecule has 0 aliphatic carbocycles. The molecule has 0 saturated carbocycles. The molecule has 2 aromatic rings. The molecule has 0 aromatic heterocycles. The van der Waals surface area contributed by atoms with Gasteiger partial charge in [-0.2, -0.15) is 0 Å². The maximum atomic E-state index is 12.3. The van der Waals surface area contributed by atoms with Crippen LogP contribution in [0.15, 0.2) is 48.5 Å². The van der Waals surface area contributed by atoms with E-state index in [4.69, 9.17) is 4.74 Å². The summed E-state index contributed by atoms with van der Waals surface area (Å²) in [5.74, 6) is 0.449. The van der Waals surface area contributed by atoms with Crippen molar-refractivity contribution in [2.45, 2.75) is 19.4 Å².